The minimum absolute atomic E-state index is 0.0297. The summed E-state index contributed by atoms with van der Waals surface area (Å²) in [6.45, 7) is 7.84. The average molecular weight is 639 g/mol. The number of fused-ring (bicyclic) bond motifs is 2. The molecule has 1 saturated heterocycles. The first-order valence-electron chi connectivity index (χ1n) is 15.5. The molecule has 46 heavy (non-hydrogen) atoms. The molecule has 1 amide bonds. The Morgan fingerprint density at radius 1 is 0.870 bits per heavy atom. The van der Waals surface area contributed by atoms with Crippen molar-refractivity contribution in [1.29, 1.82) is 0 Å². The monoisotopic (exact) mass is 638 g/mol. The smallest absolute Gasteiger partial charge is 0.325 e. The van der Waals surface area contributed by atoms with Gasteiger partial charge in [0, 0.05) is 65.3 Å². The second-order valence-corrected chi connectivity index (χ2v) is 11.8. The Kier molecular flexibility index (Phi) is 12.3. The molecule has 14 heteroatoms. The fraction of sp³-hybridized carbons (Fsp3) is 0.500. The van der Waals surface area contributed by atoms with Gasteiger partial charge >= 0.3 is 11.9 Å². The third-order valence-corrected chi connectivity index (χ3v) is 8.03. The molecule has 1 aliphatic rings. The number of pyridine rings is 1. The molecule has 1 aromatic carbocycles. The SMILES string of the molecule is C[C@H](CC(=O)CN1CCNCCN(CC(=O)N[C@@H](C)C(=O)O)CCN(Cc2ccc3c(=O)c4ccccc4oc3n2)CC1)C(=O)O. The molecular formula is C32H42N6O8. The fourth-order valence-corrected chi connectivity index (χ4v) is 5.31. The zero-order valence-electron chi connectivity index (χ0n) is 26.2. The van der Waals surface area contributed by atoms with Crippen LogP contribution >= 0.6 is 0 Å². The van der Waals surface area contributed by atoms with Crippen LogP contribution in [0.25, 0.3) is 22.1 Å². The normalized spacial score (nSPS) is 17.5. The van der Waals surface area contributed by atoms with E-state index in [9.17, 15) is 34.2 Å². The van der Waals surface area contributed by atoms with Crippen molar-refractivity contribution < 1.29 is 33.8 Å². The molecule has 0 saturated carbocycles. The van der Waals surface area contributed by atoms with Crippen molar-refractivity contribution in [1.82, 2.24) is 30.3 Å². The average Bonchev–Trinajstić information content (AvgIpc) is 3.00. The lowest BCUT2D eigenvalue weighted by molar-refractivity contribution is -0.143. The molecule has 14 nitrogen and oxygen atoms in total. The number of Topliss-reactive ketones (excluding diaryl/α,β-unsaturated/α-hetero) is 1. The Morgan fingerprint density at radius 3 is 2.20 bits per heavy atom. The van der Waals surface area contributed by atoms with Crippen LogP contribution in [0.15, 0.2) is 45.6 Å². The third kappa shape index (κ3) is 9.88. The number of amides is 1. The Morgan fingerprint density at radius 2 is 1.52 bits per heavy atom. The lowest BCUT2D eigenvalue weighted by Crippen LogP contribution is -2.49. The summed E-state index contributed by atoms with van der Waals surface area (Å²) in [4.78, 5) is 71.6. The van der Waals surface area contributed by atoms with Crippen molar-refractivity contribution >= 4 is 45.7 Å². The molecule has 3 aromatic rings. The van der Waals surface area contributed by atoms with Crippen LogP contribution in [0.4, 0.5) is 0 Å². The molecular weight excluding hydrogens is 596 g/mol. The molecule has 2 atom stereocenters. The molecule has 4 rings (SSSR count). The molecule has 0 radical (unpaired) electrons. The number of carbonyl (C=O) groups excluding carboxylic acids is 2. The summed E-state index contributed by atoms with van der Waals surface area (Å²) in [5.41, 5.74) is 1.22. The number of carbonyl (C=O) groups is 4. The van der Waals surface area contributed by atoms with Crippen LogP contribution in [0.5, 0.6) is 0 Å². The zero-order chi connectivity index (χ0) is 33.2. The highest BCUT2D eigenvalue weighted by Gasteiger charge is 2.22. The van der Waals surface area contributed by atoms with Crippen molar-refractivity contribution in [3.05, 3.63) is 52.3 Å². The van der Waals surface area contributed by atoms with Gasteiger partial charge in [-0.2, -0.15) is 0 Å². The lowest BCUT2D eigenvalue weighted by Gasteiger charge is -2.31. The Hall–Kier alpha value is -4.24. The minimum atomic E-state index is -1.11. The topological polar surface area (TPSA) is 186 Å². The first kappa shape index (κ1) is 34.6. The summed E-state index contributed by atoms with van der Waals surface area (Å²) in [6, 6.07) is 9.52. The molecule has 1 aliphatic heterocycles. The van der Waals surface area contributed by atoms with Crippen LogP contribution in [0.2, 0.25) is 0 Å². The van der Waals surface area contributed by atoms with E-state index < -0.39 is 23.9 Å². The minimum Gasteiger partial charge on any atom is -0.481 e. The lowest BCUT2D eigenvalue weighted by atomic mass is 10.0. The number of aliphatic carboxylic acids is 2. The number of nitrogens with one attached hydrogen (secondary N) is 2. The van der Waals surface area contributed by atoms with Gasteiger partial charge in [0.1, 0.15) is 17.4 Å². The zero-order valence-corrected chi connectivity index (χ0v) is 26.2. The summed E-state index contributed by atoms with van der Waals surface area (Å²) in [7, 11) is 0. The van der Waals surface area contributed by atoms with Gasteiger partial charge in [0.2, 0.25) is 17.0 Å². The van der Waals surface area contributed by atoms with Gasteiger partial charge in [-0.15, -0.1) is 0 Å². The van der Waals surface area contributed by atoms with E-state index in [1.807, 2.05) is 9.80 Å². The molecule has 248 valence electrons. The maximum Gasteiger partial charge on any atom is 0.325 e. The first-order chi connectivity index (χ1) is 22.0. The van der Waals surface area contributed by atoms with Gasteiger partial charge in [0.25, 0.3) is 0 Å². The van der Waals surface area contributed by atoms with Crippen molar-refractivity contribution in [3.8, 4) is 0 Å². The number of para-hydroxylation sites is 1. The van der Waals surface area contributed by atoms with E-state index in [0.717, 1.165) is 0 Å². The highest BCUT2D eigenvalue weighted by Crippen LogP contribution is 2.18. The van der Waals surface area contributed by atoms with E-state index in [-0.39, 0.29) is 42.3 Å². The van der Waals surface area contributed by atoms with Crippen LogP contribution in [-0.4, -0.2) is 125 Å². The van der Waals surface area contributed by atoms with Crippen LogP contribution in [-0.2, 0) is 25.7 Å². The van der Waals surface area contributed by atoms with E-state index in [1.165, 1.54) is 13.8 Å². The number of nitrogens with zero attached hydrogens (tertiary/aromatic N) is 4. The molecule has 0 aliphatic carbocycles. The quantitative estimate of drug-likeness (QED) is 0.215. The van der Waals surface area contributed by atoms with Crippen molar-refractivity contribution in [2.24, 2.45) is 5.92 Å². The summed E-state index contributed by atoms with van der Waals surface area (Å²) < 4.78 is 5.97. The highest BCUT2D eigenvalue weighted by molar-refractivity contribution is 5.88. The van der Waals surface area contributed by atoms with Crippen molar-refractivity contribution in [2.45, 2.75) is 32.9 Å². The number of aromatic nitrogens is 1. The van der Waals surface area contributed by atoms with E-state index >= 15 is 0 Å². The van der Waals surface area contributed by atoms with Crippen LogP contribution in [0.3, 0.4) is 0 Å². The standard InChI is InChI=1S/C32H42N6O8/c1-21(31(42)43)17-24(39)19-36-11-9-33-10-12-37(20-28(40)34-22(2)32(44)45)14-16-38(15-13-36)18-23-7-8-26-29(41)25-5-3-4-6-27(25)46-30(26)35-23/h3-8,21-22,33H,9-20H2,1-2H3,(H,34,40)(H,42,43)(H,44,45)/t21-,22+/m1/s1. The predicted octanol–water partition coefficient (Wildman–Crippen LogP) is 0.620. The van der Waals surface area contributed by atoms with Crippen LogP contribution in [0, 0.1) is 5.92 Å². The summed E-state index contributed by atoms with van der Waals surface area (Å²) in [5.74, 6) is -3.39. The Bertz CT molecular complexity index is 1560. The molecule has 4 N–H and O–H groups in total. The van der Waals surface area contributed by atoms with Gasteiger partial charge in [0.15, 0.2) is 0 Å². The van der Waals surface area contributed by atoms with E-state index in [2.05, 4.69) is 20.5 Å². The van der Waals surface area contributed by atoms with Gasteiger partial charge < -0.3 is 25.3 Å². The van der Waals surface area contributed by atoms with E-state index in [0.29, 0.717) is 81.0 Å². The van der Waals surface area contributed by atoms with Crippen molar-refractivity contribution in [3.63, 3.8) is 0 Å². The van der Waals surface area contributed by atoms with Crippen molar-refractivity contribution in [2.75, 3.05) is 65.4 Å². The maximum absolute atomic E-state index is 13.0. The predicted molar refractivity (Wildman–Crippen MR) is 170 cm³/mol. The number of hydrogen-bond donors (Lipinski definition) is 4. The second kappa shape index (κ2) is 16.4. The highest BCUT2D eigenvalue weighted by atomic mass is 16.4. The number of rotatable bonds is 11. The molecule has 3 heterocycles. The van der Waals surface area contributed by atoms with E-state index in [1.54, 1.807) is 36.4 Å². The maximum atomic E-state index is 13.0. The molecule has 0 unspecified atom stereocenters. The third-order valence-electron chi connectivity index (χ3n) is 8.03. The number of carboxylic acids is 2. The molecule has 0 bridgehead atoms. The Balaban J connectivity index is 1.52. The number of ketones is 1. The molecule has 2 aromatic heterocycles. The van der Waals surface area contributed by atoms with Gasteiger partial charge in [0.05, 0.1) is 35.5 Å². The molecule has 1 fully saturated rings. The summed E-state index contributed by atoms with van der Waals surface area (Å²) in [5, 5.41) is 25.1. The van der Waals surface area contributed by atoms with Gasteiger partial charge in [-0.25, -0.2) is 4.98 Å². The Labute approximate surface area is 266 Å². The largest absolute Gasteiger partial charge is 0.481 e. The summed E-state index contributed by atoms with van der Waals surface area (Å²) in [6.07, 6.45) is -0.0403. The number of carboxylic acid groups (broad SMARTS) is 2. The van der Waals surface area contributed by atoms with Gasteiger partial charge in [-0.05, 0) is 31.2 Å². The first-order valence-corrected chi connectivity index (χ1v) is 15.5. The molecule has 0 spiro atoms. The summed E-state index contributed by atoms with van der Waals surface area (Å²) >= 11 is 0. The number of hydrogen-bond acceptors (Lipinski definition) is 11. The second-order valence-electron chi connectivity index (χ2n) is 11.8. The van der Waals surface area contributed by atoms with Crippen LogP contribution < -0.4 is 16.1 Å². The van der Waals surface area contributed by atoms with Gasteiger partial charge in [-0.1, -0.05) is 19.1 Å². The fourth-order valence-electron chi connectivity index (χ4n) is 5.31. The number of benzene rings is 1. The van der Waals surface area contributed by atoms with E-state index in [4.69, 9.17) is 4.42 Å². The van der Waals surface area contributed by atoms with Crippen LogP contribution in [0.1, 0.15) is 26.0 Å². The van der Waals surface area contributed by atoms with Gasteiger partial charge in [-0.3, -0.25) is 38.7 Å².